The number of aliphatic imine (C=N–C) groups is 1. The molecule has 0 amide bonds. The van der Waals surface area contributed by atoms with Crippen molar-refractivity contribution in [3.63, 3.8) is 0 Å². The molecule has 1 unspecified atom stereocenters. The maximum absolute atomic E-state index is 11.2. The van der Waals surface area contributed by atoms with Crippen molar-refractivity contribution in [2.45, 2.75) is 32.9 Å². The standard InChI is InChI=1S/C16H27N3O3S.HI/c1-5-22-15-8-6-7-14(11-15)12-18-16(17-3)19-13(2)9-10-23(4,20)21;/h6-8,11,13H,5,9-10,12H2,1-4H3,(H2,17,18,19);1H. The van der Waals surface area contributed by atoms with E-state index in [2.05, 4.69) is 15.6 Å². The summed E-state index contributed by atoms with van der Waals surface area (Å²) >= 11 is 0. The first kappa shape index (κ1) is 23.0. The second-order valence-electron chi connectivity index (χ2n) is 5.47. The zero-order chi connectivity index (χ0) is 17.3. The van der Waals surface area contributed by atoms with Gasteiger partial charge in [-0.2, -0.15) is 0 Å². The lowest BCUT2D eigenvalue weighted by Gasteiger charge is -2.17. The minimum atomic E-state index is -2.94. The maximum atomic E-state index is 11.2. The average Bonchev–Trinajstić information content (AvgIpc) is 2.49. The van der Waals surface area contributed by atoms with Gasteiger partial charge in [0.15, 0.2) is 5.96 Å². The van der Waals surface area contributed by atoms with E-state index in [1.807, 2.05) is 38.1 Å². The molecule has 0 aromatic heterocycles. The van der Waals surface area contributed by atoms with Crippen LogP contribution in [0.1, 0.15) is 25.8 Å². The minimum absolute atomic E-state index is 0. The van der Waals surface area contributed by atoms with Crippen LogP contribution >= 0.6 is 24.0 Å². The summed E-state index contributed by atoms with van der Waals surface area (Å²) in [6.07, 6.45) is 1.79. The molecule has 0 fully saturated rings. The first-order valence-corrected chi connectivity index (χ1v) is 9.76. The summed E-state index contributed by atoms with van der Waals surface area (Å²) in [6, 6.07) is 7.89. The molecule has 1 aromatic carbocycles. The number of rotatable bonds is 8. The number of guanidine groups is 1. The molecule has 0 saturated carbocycles. The van der Waals surface area contributed by atoms with Gasteiger partial charge in [-0.3, -0.25) is 4.99 Å². The highest BCUT2D eigenvalue weighted by Crippen LogP contribution is 2.12. The van der Waals surface area contributed by atoms with E-state index in [-0.39, 0.29) is 35.8 Å². The van der Waals surface area contributed by atoms with Crippen molar-refractivity contribution in [2.24, 2.45) is 4.99 Å². The third-order valence-electron chi connectivity index (χ3n) is 3.20. The second kappa shape index (κ2) is 11.5. The van der Waals surface area contributed by atoms with Crippen LogP contribution in [0.2, 0.25) is 0 Å². The van der Waals surface area contributed by atoms with E-state index < -0.39 is 9.84 Å². The van der Waals surface area contributed by atoms with Crippen LogP contribution in [-0.2, 0) is 16.4 Å². The highest BCUT2D eigenvalue weighted by molar-refractivity contribution is 14.0. The summed E-state index contributed by atoms with van der Waals surface area (Å²) in [4.78, 5) is 4.16. The monoisotopic (exact) mass is 469 g/mol. The molecule has 0 heterocycles. The normalized spacial score (nSPS) is 12.9. The van der Waals surface area contributed by atoms with Crippen LogP contribution in [0.5, 0.6) is 5.75 Å². The van der Waals surface area contributed by atoms with Crippen molar-refractivity contribution in [3.8, 4) is 5.75 Å². The molecule has 138 valence electrons. The Morgan fingerprint density at radius 1 is 1.38 bits per heavy atom. The Morgan fingerprint density at radius 3 is 2.67 bits per heavy atom. The Hall–Kier alpha value is -1.03. The summed E-state index contributed by atoms with van der Waals surface area (Å²) in [7, 11) is -1.25. The van der Waals surface area contributed by atoms with E-state index >= 15 is 0 Å². The Balaban J connectivity index is 0.00000529. The van der Waals surface area contributed by atoms with Crippen LogP contribution in [0, 0.1) is 0 Å². The molecule has 1 rings (SSSR count). The number of ether oxygens (including phenoxy) is 1. The molecular weight excluding hydrogens is 441 g/mol. The van der Waals surface area contributed by atoms with Crippen LogP contribution in [0.25, 0.3) is 0 Å². The molecule has 1 aromatic rings. The van der Waals surface area contributed by atoms with Crippen LogP contribution < -0.4 is 15.4 Å². The molecule has 8 heteroatoms. The second-order valence-corrected chi connectivity index (χ2v) is 7.73. The van der Waals surface area contributed by atoms with Gasteiger partial charge in [-0.25, -0.2) is 8.42 Å². The smallest absolute Gasteiger partial charge is 0.191 e. The van der Waals surface area contributed by atoms with E-state index in [9.17, 15) is 8.42 Å². The fourth-order valence-electron chi connectivity index (χ4n) is 1.99. The van der Waals surface area contributed by atoms with Gasteiger partial charge < -0.3 is 15.4 Å². The summed E-state index contributed by atoms with van der Waals surface area (Å²) in [6.45, 7) is 5.14. The topological polar surface area (TPSA) is 79.8 Å². The van der Waals surface area contributed by atoms with Crippen molar-refractivity contribution in [1.29, 1.82) is 0 Å². The number of nitrogens with zero attached hydrogens (tertiary/aromatic N) is 1. The molecule has 6 nitrogen and oxygen atoms in total. The minimum Gasteiger partial charge on any atom is -0.494 e. The molecule has 24 heavy (non-hydrogen) atoms. The lowest BCUT2D eigenvalue weighted by Crippen LogP contribution is -2.42. The Morgan fingerprint density at radius 2 is 2.08 bits per heavy atom. The zero-order valence-corrected chi connectivity index (χ0v) is 17.9. The molecule has 0 aliphatic heterocycles. The SMILES string of the molecule is CCOc1cccc(CNC(=NC)NC(C)CCS(C)(=O)=O)c1.I. The Bertz CT molecular complexity index is 621. The van der Waals surface area contributed by atoms with Gasteiger partial charge in [0, 0.05) is 25.9 Å². The van der Waals surface area contributed by atoms with Gasteiger partial charge in [-0.1, -0.05) is 12.1 Å². The fourth-order valence-corrected chi connectivity index (χ4v) is 2.77. The van der Waals surface area contributed by atoms with Crippen LogP contribution in [0.4, 0.5) is 0 Å². The predicted molar refractivity (Wildman–Crippen MR) is 110 cm³/mol. The summed E-state index contributed by atoms with van der Waals surface area (Å²) < 4.78 is 27.9. The Labute approximate surface area is 162 Å². The van der Waals surface area contributed by atoms with Gasteiger partial charge in [-0.05, 0) is 38.0 Å². The molecule has 1 atom stereocenters. The molecule has 0 aliphatic rings. The van der Waals surface area contributed by atoms with Gasteiger partial charge in [0.25, 0.3) is 0 Å². The lowest BCUT2D eigenvalue weighted by atomic mass is 10.2. The number of hydrogen-bond acceptors (Lipinski definition) is 4. The van der Waals surface area contributed by atoms with E-state index in [0.29, 0.717) is 25.5 Å². The van der Waals surface area contributed by atoms with Gasteiger partial charge in [0.1, 0.15) is 15.6 Å². The molecule has 0 saturated heterocycles. The van der Waals surface area contributed by atoms with Crippen molar-refractivity contribution >= 4 is 39.8 Å². The van der Waals surface area contributed by atoms with Crippen LogP contribution in [0.3, 0.4) is 0 Å². The van der Waals surface area contributed by atoms with Gasteiger partial charge in [-0.15, -0.1) is 24.0 Å². The highest BCUT2D eigenvalue weighted by atomic mass is 127. The third kappa shape index (κ3) is 9.96. The third-order valence-corrected chi connectivity index (χ3v) is 4.18. The number of benzene rings is 1. The fraction of sp³-hybridized carbons (Fsp3) is 0.562. The van der Waals surface area contributed by atoms with Crippen LogP contribution in [0.15, 0.2) is 29.3 Å². The van der Waals surface area contributed by atoms with Crippen LogP contribution in [-0.4, -0.2) is 46.1 Å². The van der Waals surface area contributed by atoms with E-state index in [1.54, 1.807) is 7.05 Å². The summed E-state index contributed by atoms with van der Waals surface area (Å²) in [5, 5.41) is 6.41. The van der Waals surface area contributed by atoms with Gasteiger partial charge in [0.2, 0.25) is 0 Å². The lowest BCUT2D eigenvalue weighted by molar-refractivity contribution is 0.340. The first-order chi connectivity index (χ1) is 10.8. The zero-order valence-electron chi connectivity index (χ0n) is 14.7. The van der Waals surface area contributed by atoms with E-state index in [4.69, 9.17) is 4.74 Å². The van der Waals surface area contributed by atoms with Crippen molar-refractivity contribution in [2.75, 3.05) is 25.7 Å². The largest absolute Gasteiger partial charge is 0.494 e. The number of halogens is 1. The van der Waals surface area contributed by atoms with E-state index in [0.717, 1.165) is 11.3 Å². The number of hydrogen-bond donors (Lipinski definition) is 2. The molecule has 0 radical (unpaired) electrons. The van der Waals surface area contributed by atoms with Gasteiger partial charge in [0.05, 0.1) is 12.4 Å². The van der Waals surface area contributed by atoms with E-state index in [1.165, 1.54) is 6.26 Å². The van der Waals surface area contributed by atoms with Crippen molar-refractivity contribution in [3.05, 3.63) is 29.8 Å². The molecule has 0 bridgehead atoms. The van der Waals surface area contributed by atoms with Crippen molar-refractivity contribution in [1.82, 2.24) is 10.6 Å². The predicted octanol–water partition coefficient (Wildman–Crippen LogP) is 2.19. The molecular formula is C16H28IN3O3S. The van der Waals surface area contributed by atoms with Crippen molar-refractivity contribution < 1.29 is 13.2 Å². The number of nitrogens with one attached hydrogen (secondary N) is 2. The van der Waals surface area contributed by atoms with Gasteiger partial charge >= 0.3 is 0 Å². The highest BCUT2D eigenvalue weighted by Gasteiger charge is 2.09. The first-order valence-electron chi connectivity index (χ1n) is 7.70. The quantitative estimate of drug-likeness (QED) is 0.347. The Kier molecular flexibility index (Phi) is 11.0. The maximum Gasteiger partial charge on any atom is 0.191 e. The molecule has 2 N–H and O–H groups in total. The molecule has 0 aliphatic carbocycles. The average molecular weight is 469 g/mol. The molecule has 0 spiro atoms. The summed E-state index contributed by atoms with van der Waals surface area (Å²) in [5.41, 5.74) is 1.09. The summed E-state index contributed by atoms with van der Waals surface area (Å²) in [5.74, 6) is 1.65. The number of sulfone groups is 1.